The van der Waals surface area contributed by atoms with Crippen LogP contribution in [0.15, 0.2) is 17.1 Å². The maximum atomic E-state index is 12.8. The summed E-state index contributed by atoms with van der Waals surface area (Å²) in [5.41, 5.74) is -3.16. The minimum absolute atomic E-state index is 0.216. The number of Topliss-reactive ketones (excluding diaryl/α,β-unsaturated/α-hetero) is 1. The van der Waals surface area contributed by atoms with E-state index in [0.717, 1.165) is 0 Å². The highest BCUT2D eigenvalue weighted by molar-refractivity contribution is 6.01. The molecule has 0 bridgehead atoms. The molecule has 7 nitrogen and oxygen atoms in total. The number of hydrogen-bond acceptors (Lipinski definition) is 5. The van der Waals surface area contributed by atoms with E-state index in [1.807, 2.05) is 0 Å². The SMILES string of the molecule is O=C(O)CCC(=O)c1c(CO)c2cc(C(F)(F)F)cnc2[nH]c1=O. The molecular formula is C14H11F3N2O5. The number of halogens is 3. The lowest BCUT2D eigenvalue weighted by atomic mass is 9.99. The number of nitrogens with one attached hydrogen (secondary N) is 1. The molecule has 2 aromatic rings. The summed E-state index contributed by atoms with van der Waals surface area (Å²) in [5.74, 6) is -2.16. The largest absolute Gasteiger partial charge is 0.481 e. The highest BCUT2D eigenvalue weighted by Crippen LogP contribution is 2.31. The van der Waals surface area contributed by atoms with Crippen LogP contribution in [0.4, 0.5) is 13.2 Å². The molecule has 2 heterocycles. The lowest BCUT2D eigenvalue weighted by Crippen LogP contribution is -2.22. The maximum Gasteiger partial charge on any atom is 0.417 e. The summed E-state index contributed by atoms with van der Waals surface area (Å²) in [5, 5.41) is 17.8. The first kappa shape index (κ1) is 17.6. The van der Waals surface area contributed by atoms with Gasteiger partial charge in [-0.05, 0) is 6.07 Å². The number of carbonyl (C=O) groups excluding carboxylic acids is 1. The fourth-order valence-corrected chi connectivity index (χ4v) is 2.20. The van der Waals surface area contributed by atoms with E-state index in [0.29, 0.717) is 12.3 Å². The fourth-order valence-electron chi connectivity index (χ4n) is 2.20. The monoisotopic (exact) mass is 344 g/mol. The number of carbonyl (C=O) groups is 2. The molecule has 0 saturated heterocycles. The summed E-state index contributed by atoms with van der Waals surface area (Å²) < 4.78 is 38.4. The highest BCUT2D eigenvalue weighted by Gasteiger charge is 2.32. The van der Waals surface area contributed by atoms with E-state index in [1.165, 1.54) is 0 Å². The minimum atomic E-state index is -4.70. The molecule has 0 aromatic carbocycles. The number of aliphatic hydroxyl groups is 1. The van der Waals surface area contributed by atoms with Gasteiger partial charge in [0.15, 0.2) is 5.78 Å². The third-order valence-corrected chi connectivity index (χ3v) is 3.30. The van der Waals surface area contributed by atoms with Gasteiger partial charge in [0, 0.05) is 23.6 Å². The second-order valence-corrected chi connectivity index (χ2v) is 4.90. The smallest absolute Gasteiger partial charge is 0.417 e. The second kappa shape index (κ2) is 6.40. The van der Waals surface area contributed by atoms with Gasteiger partial charge < -0.3 is 15.2 Å². The number of aromatic amines is 1. The van der Waals surface area contributed by atoms with Crippen LogP contribution < -0.4 is 5.56 Å². The van der Waals surface area contributed by atoms with Crippen molar-refractivity contribution in [1.29, 1.82) is 0 Å². The second-order valence-electron chi connectivity index (χ2n) is 4.90. The molecule has 24 heavy (non-hydrogen) atoms. The van der Waals surface area contributed by atoms with Gasteiger partial charge in [-0.1, -0.05) is 0 Å². The summed E-state index contributed by atoms with van der Waals surface area (Å²) in [6.07, 6.45) is -5.26. The third kappa shape index (κ3) is 3.43. The van der Waals surface area contributed by atoms with Gasteiger partial charge in [-0.15, -0.1) is 0 Å². The molecule has 10 heteroatoms. The number of aromatic nitrogens is 2. The Hall–Kier alpha value is -2.75. The molecule has 3 N–H and O–H groups in total. The number of aliphatic carboxylic acids is 1. The van der Waals surface area contributed by atoms with E-state index in [-0.39, 0.29) is 16.6 Å². The summed E-state index contributed by atoms with van der Waals surface area (Å²) in [4.78, 5) is 40.2. The van der Waals surface area contributed by atoms with Crippen molar-refractivity contribution in [1.82, 2.24) is 9.97 Å². The zero-order chi connectivity index (χ0) is 18.1. The van der Waals surface area contributed by atoms with Crippen LogP contribution in [-0.4, -0.2) is 31.9 Å². The average Bonchev–Trinajstić information content (AvgIpc) is 2.49. The summed E-state index contributed by atoms with van der Waals surface area (Å²) in [7, 11) is 0. The Morgan fingerprint density at radius 3 is 2.46 bits per heavy atom. The number of alkyl halides is 3. The number of H-pyrrole nitrogens is 1. The Morgan fingerprint density at radius 2 is 1.92 bits per heavy atom. The molecule has 0 fully saturated rings. The van der Waals surface area contributed by atoms with Gasteiger partial charge in [-0.3, -0.25) is 14.4 Å². The van der Waals surface area contributed by atoms with E-state index >= 15 is 0 Å². The van der Waals surface area contributed by atoms with Gasteiger partial charge in [-0.25, -0.2) is 4.98 Å². The number of nitrogens with zero attached hydrogens (tertiary/aromatic N) is 1. The summed E-state index contributed by atoms with van der Waals surface area (Å²) in [6, 6.07) is 0.664. The predicted octanol–water partition coefficient (Wildman–Crippen LogP) is 1.48. The number of carboxylic acids is 1. The van der Waals surface area contributed by atoms with Crippen molar-refractivity contribution in [3.05, 3.63) is 39.3 Å². The third-order valence-electron chi connectivity index (χ3n) is 3.30. The summed E-state index contributed by atoms with van der Waals surface area (Å²) >= 11 is 0. The number of aliphatic hydroxyl groups excluding tert-OH is 1. The van der Waals surface area contributed by atoms with Gasteiger partial charge in [0.1, 0.15) is 5.65 Å². The maximum absolute atomic E-state index is 12.8. The van der Waals surface area contributed by atoms with E-state index in [2.05, 4.69) is 9.97 Å². The molecule has 0 saturated carbocycles. The quantitative estimate of drug-likeness (QED) is 0.707. The van der Waals surface area contributed by atoms with Gasteiger partial charge in [0.05, 0.1) is 24.2 Å². The van der Waals surface area contributed by atoms with Crippen molar-refractivity contribution in [2.75, 3.05) is 0 Å². The van der Waals surface area contributed by atoms with Crippen LogP contribution in [-0.2, 0) is 17.6 Å². The van der Waals surface area contributed by atoms with Crippen molar-refractivity contribution >= 4 is 22.8 Å². The van der Waals surface area contributed by atoms with Gasteiger partial charge in [0.25, 0.3) is 5.56 Å². The molecule has 0 aliphatic carbocycles. The molecule has 0 spiro atoms. The Balaban J connectivity index is 2.67. The van der Waals surface area contributed by atoms with E-state index < -0.39 is 54.1 Å². The van der Waals surface area contributed by atoms with E-state index in [4.69, 9.17) is 5.11 Å². The molecule has 0 radical (unpaired) electrons. The first-order valence-electron chi connectivity index (χ1n) is 6.63. The van der Waals surface area contributed by atoms with Crippen LogP contribution in [0.2, 0.25) is 0 Å². The predicted molar refractivity (Wildman–Crippen MR) is 74.5 cm³/mol. The number of ketones is 1. The summed E-state index contributed by atoms with van der Waals surface area (Å²) in [6.45, 7) is -0.877. The first-order valence-corrected chi connectivity index (χ1v) is 6.63. The molecule has 0 amide bonds. The first-order chi connectivity index (χ1) is 11.1. The Kier molecular flexibility index (Phi) is 4.69. The van der Waals surface area contributed by atoms with Crippen LogP contribution in [0.1, 0.15) is 34.3 Å². The molecule has 0 unspecified atom stereocenters. The standard InChI is InChI=1S/C14H11F3N2O5/c15-14(16,17)6-3-7-8(5-20)11(9(21)1-2-10(22)23)13(24)19-12(7)18-4-6/h3-4,20H,1-2,5H2,(H,22,23)(H,18,19,24). The van der Waals surface area contributed by atoms with Crippen molar-refractivity contribution in [3.8, 4) is 0 Å². The van der Waals surface area contributed by atoms with Crippen molar-refractivity contribution in [2.45, 2.75) is 25.6 Å². The molecule has 2 aromatic heterocycles. The minimum Gasteiger partial charge on any atom is -0.481 e. The van der Waals surface area contributed by atoms with E-state index in [1.54, 1.807) is 0 Å². The van der Waals surface area contributed by atoms with Gasteiger partial charge in [-0.2, -0.15) is 13.2 Å². The molecule has 0 atom stereocenters. The zero-order valence-electron chi connectivity index (χ0n) is 12.0. The molecule has 0 aliphatic heterocycles. The number of carboxylic acid groups (broad SMARTS) is 1. The van der Waals surface area contributed by atoms with Crippen LogP contribution in [0.25, 0.3) is 11.0 Å². The van der Waals surface area contributed by atoms with Gasteiger partial charge in [0.2, 0.25) is 0 Å². The number of hydrogen-bond donors (Lipinski definition) is 3. The van der Waals surface area contributed by atoms with Gasteiger partial charge >= 0.3 is 12.1 Å². The topological polar surface area (TPSA) is 120 Å². The number of fused-ring (bicyclic) bond motifs is 1. The normalized spacial score (nSPS) is 11.7. The van der Waals surface area contributed by atoms with Crippen LogP contribution in [0.3, 0.4) is 0 Å². The van der Waals surface area contributed by atoms with Crippen molar-refractivity contribution in [2.24, 2.45) is 0 Å². The van der Waals surface area contributed by atoms with Crippen LogP contribution in [0, 0.1) is 0 Å². The molecular weight excluding hydrogens is 333 g/mol. The van der Waals surface area contributed by atoms with Crippen molar-refractivity contribution in [3.63, 3.8) is 0 Å². The highest BCUT2D eigenvalue weighted by atomic mass is 19.4. The lowest BCUT2D eigenvalue weighted by Gasteiger charge is -2.11. The Labute approximate surface area is 131 Å². The Morgan fingerprint density at radius 1 is 1.25 bits per heavy atom. The van der Waals surface area contributed by atoms with Crippen molar-refractivity contribution < 1.29 is 33.0 Å². The number of pyridine rings is 2. The number of rotatable bonds is 5. The average molecular weight is 344 g/mol. The van der Waals surface area contributed by atoms with Crippen LogP contribution in [0.5, 0.6) is 0 Å². The van der Waals surface area contributed by atoms with Crippen LogP contribution >= 0.6 is 0 Å². The lowest BCUT2D eigenvalue weighted by molar-refractivity contribution is -0.138. The molecule has 128 valence electrons. The molecule has 2 rings (SSSR count). The zero-order valence-corrected chi connectivity index (χ0v) is 12.0. The van der Waals surface area contributed by atoms with E-state index in [9.17, 15) is 32.7 Å². The fraction of sp³-hybridized carbons (Fsp3) is 0.286. The molecule has 0 aliphatic rings. The Bertz CT molecular complexity index is 873.